The molecule has 0 spiro atoms. The molecule has 0 atom stereocenters. The van der Waals surface area contributed by atoms with Crippen LogP contribution in [0, 0.1) is 18.3 Å². The van der Waals surface area contributed by atoms with Gasteiger partial charge < -0.3 is 9.80 Å². The highest BCUT2D eigenvalue weighted by Crippen LogP contribution is 2.18. The Morgan fingerprint density at radius 1 is 1.08 bits per heavy atom. The second-order valence-corrected chi connectivity index (χ2v) is 6.19. The first kappa shape index (κ1) is 16.1. The fraction of sp³-hybridized carbons (Fsp3) is 0.300. The molecule has 1 aliphatic heterocycles. The van der Waals surface area contributed by atoms with Crippen LogP contribution in [0.25, 0.3) is 0 Å². The highest BCUT2D eigenvalue weighted by molar-refractivity contribution is 5.79. The van der Waals surface area contributed by atoms with Crippen molar-refractivity contribution in [1.29, 1.82) is 5.26 Å². The largest absolute Gasteiger partial charge is 0.368 e. The Balaban J connectivity index is 1.57. The van der Waals surface area contributed by atoms with Crippen LogP contribution in [0.5, 0.6) is 0 Å². The van der Waals surface area contributed by atoms with E-state index in [0.717, 1.165) is 37.4 Å². The van der Waals surface area contributed by atoms with Gasteiger partial charge in [0, 0.05) is 31.9 Å². The van der Waals surface area contributed by atoms with Gasteiger partial charge in [-0.2, -0.15) is 5.26 Å². The van der Waals surface area contributed by atoms with E-state index in [1.165, 1.54) is 5.56 Å². The Morgan fingerprint density at radius 3 is 2.46 bits per heavy atom. The predicted octanol–water partition coefficient (Wildman–Crippen LogP) is 2.76. The molecule has 0 aromatic heterocycles. The molecular weight excluding hydrogens is 298 g/mol. The fourth-order valence-electron chi connectivity index (χ4n) is 2.98. The molecule has 4 nitrogen and oxygen atoms in total. The van der Waals surface area contributed by atoms with Crippen molar-refractivity contribution in [2.24, 2.45) is 0 Å². The minimum absolute atomic E-state index is 0.185. The zero-order valence-corrected chi connectivity index (χ0v) is 13.9. The number of hydrogen-bond acceptors (Lipinski definition) is 3. The quantitative estimate of drug-likeness (QED) is 0.874. The van der Waals surface area contributed by atoms with E-state index in [-0.39, 0.29) is 5.91 Å². The maximum absolute atomic E-state index is 12.5. The van der Waals surface area contributed by atoms with E-state index >= 15 is 0 Å². The van der Waals surface area contributed by atoms with Crippen LogP contribution in [0.1, 0.15) is 16.7 Å². The molecule has 2 aromatic rings. The maximum Gasteiger partial charge on any atom is 0.227 e. The molecule has 122 valence electrons. The lowest BCUT2D eigenvalue weighted by Gasteiger charge is -2.36. The molecule has 1 heterocycles. The van der Waals surface area contributed by atoms with Crippen LogP contribution in [-0.2, 0) is 11.2 Å². The second-order valence-electron chi connectivity index (χ2n) is 6.19. The monoisotopic (exact) mass is 319 g/mol. The molecule has 4 heteroatoms. The molecule has 0 unspecified atom stereocenters. The number of anilines is 1. The van der Waals surface area contributed by atoms with Crippen LogP contribution >= 0.6 is 0 Å². The number of nitriles is 1. The lowest BCUT2D eigenvalue weighted by molar-refractivity contribution is -0.130. The van der Waals surface area contributed by atoms with Gasteiger partial charge in [-0.1, -0.05) is 35.9 Å². The third-order valence-electron chi connectivity index (χ3n) is 4.45. The van der Waals surface area contributed by atoms with Gasteiger partial charge in [-0.15, -0.1) is 0 Å². The van der Waals surface area contributed by atoms with Crippen LogP contribution in [0.4, 0.5) is 5.69 Å². The van der Waals surface area contributed by atoms with Crippen LogP contribution in [-0.4, -0.2) is 37.0 Å². The number of hydrogen-bond donors (Lipinski definition) is 0. The van der Waals surface area contributed by atoms with Gasteiger partial charge in [0.25, 0.3) is 0 Å². The molecule has 1 saturated heterocycles. The molecule has 0 N–H and O–H groups in total. The minimum atomic E-state index is 0.185. The summed E-state index contributed by atoms with van der Waals surface area (Å²) in [5.41, 5.74) is 4.00. The second kappa shape index (κ2) is 7.18. The van der Waals surface area contributed by atoms with Gasteiger partial charge in [-0.3, -0.25) is 4.79 Å². The molecule has 1 aliphatic rings. The van der Waals surface area contributed by atoms with Gasteiger partial charge in [-0.25, -0.2) is 0 Å². The number of rotatable bonds is 3. The molecule has 2 aromatic carbocycles. The van der Waals surface area contributed by atoms with E-state index in [1.807, 2.05) is 60.4 Å². The lowest BCUT2D eigenvalue weighted by Crippen LogP contribution is -2.49. The fourth-order valence-corrected chi connectivity index (χ4v) is 2.98. The van der Waals surface area contributed by atoms with Gasteiger partial charge in [0.05, 0.1) is 18.1 Å². The Kier molecular flexibility index (Phi) is 4.81. The first-order valence-electron chi connectivity index (χ1n) is 8.24. The van der Waals surface area contributed by atoms with Crippen molar-refractivity contribution in [2.45, 2.75) is 13.3 Å². The summed E-state index contributed by atoms with van der Waals surface area (Å²) in [6.07, 6.45) is 0.462. The van der Waals surface area contributed by atoms with E-state index < -0.39 is 0 Å². The van der Waals surface area contributed by atoms with Crippen molar-refractivity contribution < 1.29 is 4.79 Å². The van der Waals surface area contributed by atoms with E-state index in [0.29, 0.717) is 12.0 Å². The SMILES string of the molecule is Cc1ccc(CC(=O)N2CCN(c3cccc(C#N)c3)CC2)cc1. The van der Waals surface area contributed by atoms with Crippen LogP contribution in [0.15, 0.2) is 48.5 Å². The molecule has 0 radical (unpaired) electrons. The van der Waals surface area contributed by atoms with Crippen molar-refractivity contribution in [2.75, 3.05) is 31.1 Å². The van der Waals surface area contributed by atoms with E-state index in [2.05, 4.69) is 11.0 Å². The Bertz CT molecular complexity index is 753. The number of nitrogens with zero attached hydrogens (tertiary/aromatic N) is 3. The lowest BCUT2D eigenvalue weighted by atomic mass is 10.1. The number of carbonyl (C=O) groups excluding carboxylic acids is 1. The van der Waals surface area contributed by atoms with Gasteiger partial charge in [0.2, 0.25) is 5.91 Å². The van der Waals surface area contributed by atoms with Crippen molar-refractivity contribution in [3.63, 3.8) is 0 Å². The summed E-state index contributed by atoms with van der Waals surface area (Å²) in [5, 5.41) is 9.01. The average Bonchev–Trinajstić information content (AvgIpc) is 2.64. The summed E-state index contributed by atoms with van der Waals surface area (Å²) in [6.45, 7) is 5.10. The van der Waals surface area contributed by atoms with Crippen LogP contribution in [0.2, 0.25) is 0 Å². The smallest absolute Gasteiger partial charge is 0.227 e. The normalized spacial score (nSPS) is 14.3. The number of amides is 1. The van der Waals surface area contributed by atoms with E-state index in [9.17, 15) is 4.79 Å². The Morgan fingerprint density at radius 2 is 1.79 bits per heavy atom. The van der Waals surface area contributed by atoms with Gasteiger partial charge in [-0.05, 0) is 30.7 Å². The summed E-state index contributed by atoms with van der Waals surface area (Å²) in [6, 6.07) is 18.0. The number of aryl methyl sites for hydroxylation is 1. The third-order valence-corrected chi connectivity index (χ3v) is 4.45. The summed E-state index contributed by atoms with van der Waals surface area (Å²) >= 11 is 0. The standard InChI is InChI=1S/C20H21N3O/c1-16-5-7-17(8-6-16)14-20(24)23-11-9-22(10-12-23)19-4-2-3-18(13-19)15-21/h2-8,13H,9-12,14H2,1H3. The molecular formula is C20H21N3O. The molecule has 3 rings (SSSR count). The van der Waals surface area contributed by atoms with Gasteiger partial charge in [0.1, 0.15) is 0 Å². The summed E-state index contributed by atoms with van der Waals surface area (Å²) < 4.78 is 0. The van der Waals surface area contributed by atoms with Crippen molar-refractivity contribution >= 4 is 11.6 Å². The minimum Gasteiger partial charge on any atom is -0.368 e. The Labute approximate surface area is 142 Å². The summed E-state index contributed by atoms with van der Waals surface area (Å²) in [5.74, 6) is 0.185. The zero-order chi connectivity index (χ0) is 16.9. The average molecular weight is 319 g/mol. The molecule has 24 heavy (non-hydrogen) atoms. The molecule has 0 bridgehead atoms. The van der Waals surface area contributed by atoms with Crippen molar-refractivity contribution in [3.8, 4) is 6.07 Å². The first-order chi connectivity index (χ1) is 11.7. The number of carbonyl (C=O) groups is 1. The highest BCUT2D eigenvalue weighted by atomic mass is 16.2. The summed E-state index contributed by atoms with van der Waals surface area (Å²) in [7, 11) is 0. The number of piperazine rings is 1. The van der Waals surface area contributed by atoms with Crippen molar-refractivity contribution in [3.05, 3.63) is 65.2 Å². The van der Waals surface area contributed by atoms with Gasteiger partial charge >= 0.3 is 0 Å². The van der Waals surface area contributed by atoms with Crippen LogP contribution in [0.3, 0.4) is 0 Å². The number of benzene rings is 2. The van der Waals surface area contributed by atoms with E-state index in [4.69, 9.17) is 5.26 Å². The van der Waals surface area contributed by atoms with Gasteiger partial charge in [0.15, 0.2) is 0 Å². The molecule has 0 aliphatic carbocycles. The van der Waals surface area contributed by atoms with Crippen LogP contribution < -0.4 is 4.90 Å². The topological polar surface area (TPSA) is 47.3 Å². The highest BCUT2D eigenvalue weighted by Gasteiger charge is 2.21. The van der Waals surface area contributed by atoms with E-state index in [1.54, 1.807) is 0 Å². The molecule has 1 amide bonds. The zero-order valence-electron chi connectivity index (χ0n) is 13.9. The third kappa shape index (κ3) is 3.75. The predicted molar refractivity (Wildman–Crippen MR) is 94.8 cm³/mol. The summed E-state index contributed by atoms with van der Waals surface area (Å²) in [4.78, 5) is 16.6. The molecule has 0 saturated carbocycles. The van der Waals surface area contributed by atoms with Crippen molar-refractivity contribution in [1.82, 2.24) is 4.90 Å². The maximum atomic E-state index is 12.5. The Hall–Kier alpha value is -2.80. The molecule has 1 fully saturated rings. The first-order valence-corrected chi connectivity index (χ1v) is 8.24.